The summed E-state index contributed by atoms with van der Waals surface area (Å²) in [7, 11) is 0. The van der Waals surface area contributed by atoms with Crippen molar-refractivity contribution in [3.63, 3.8) is 0 Å². The average molecular weight is 362 g/mol. The van der Waals surface area contributed by atoms with Crippen molar-refractivity contribution in [3.05, 3.63) is 0 Å². The number of epoxide rings is 1. The van der Waals surface area contributed by atoms with Gasteiger partial charge >= 0.3 is 0 Å². The number of aromatic nitrogens is 3. The summed E-state index contributed by atoms with van der Waals surface area (Å²) in [5.41, 5.74) is 0. The molecule has 1 aliphatic heterocycles. The van der Waals surface area contributed by atoms with Gasteiger partial charge in [-0.25, -0.2) is 0 Å². The number of ether oxygens (including phenoxy) is 2. The van der Waals surface area contributed by atoms with Crippen molar-refractivity contribution < 1.29 is 35.0 Å². The van der Waals surface area contributed by atoms with Crippen molar-refractivity contribution in [2.24, 2.45) is 0 Å². The summed E-state index contributed by atoms with van der Waals surface area (Å²) in [5.74, 6) is -0.250. The van der Waals surface area contributed by atoms with Crippen molar-refractivity contribution in [3.8, 4) is 0 Å². The van der Waals surface area contributed by atoms with E-state index >= 15 is 0 Å². The molecule has 1 atom stereocenters. The van der Waals surface area contributed by atoms with E-state index < -0.39 is 33.7 Å². The molecule has 2 rings (SSSR count). The van der Waals surface area contributed by atoms with Crippen LogP contribution < -0.4 is 14.7 Å². The van der Waals surface area contributed by atoms with Gasteiger partial charge in [-0.3, -0.25) is 14.7 Å². The van der Waals surface area contributed by atoms with Crippen LogP contribution in [0.5, 0.6) is 0 Å². The van der Waals surface area contributed by atoms with Crippen molar-refractivity contribution >= 4 is 17.8 Å². The predicted molar refractivity (Wildman–Crippen MR) is 83.3 cm³/mol. The Balaban J connectivity index is 2.25. The van der Waals surface area contributed by atoms with Crippen molar-refractivity contribution in [1.82, 2.24) is 15.0 Å². The molecule has 0 aliphatic carbocycles. The molecule has 13 nitrogen and oxygen atoms in total. The Morgan fingerprint density at radius 1 is 0.800 bits per heavy atom. The molecular formula is C12H22N6O7. The van der Waals surface area contributed by atoms with Gasteiger partial charge in [-0.2, -0.15) is 15.0 Å². The minimum absolute atomic E-state index is 0.0296. The second-order valence-corrected chi connectivity index (χ2v) is 5.02. The first-order valence-electron chi connectivity index (χ1n) is 7.41. The van der Waals surface area contributed by atoms with Gasteiger partial charge in [0.1, 0.15) is 46.5 Å². The molecular weight excluding hydrogens is 340 g/mol. The Kier molecular flexibility index (Phi) is 7.45. The van der Waals surface area contributed by atoms with Crippen LogP contribution in [0.25, 0.3) is 0 Å². The summed E-state index contributed by atoms with van der Waals surface area (Å²) >= 11 is 0. The van der Waals surface area contributed by atoms with E-state index in [1.165, 1.54) is 4.90 Å². The van der Waals surface area contributed by atoms with Gasteiger partial charge in [-0.15, -0.1) is 0 Å². The topological polar surface area (TPSA) is 171 Å². The monoisotopic (exact) mass is 362 g/mol. The molecule has 0 aromatic carbocycles. The van der Waals surface area contributed by atoms with Crippen LogP contribution in [0.15, 0.2) is 0 Å². The molecule has 142 valence electrons. The minimum atomic E-state index is -0.577. The minimum Gasteiger partial charge on any atom is -0.376 e. The van der Waals surface area contributed by atoms with Gasteiger partial charge in [-0.1, -0.05) is 0 Å². The molecule has 1 aromatic heterocycles. The van der Waals surface area contributed by atoms with E-state index in [1.54, 1.807) is 0 Å². The van der Waals surface area contributed by atoms with E-state index in [0.717, 1.165) is 9.80 Å². The molecule has 1 saturated heterocycles. The molecule has 1 aromatic rings. The highest BCUT2D eigenvalue weighted by atomic mass is 16.6. The quantitative estimate of drug-likeness (QED) is 0.183. The largest absolute Gasteiger partial charge is 0.376 e. The van der Waals surface area contributed by atoms with Gasteiger partial charge in [0.15, 0.2) is 0 Å². The molecule has 1 aliphatic rings. The second kappa shape index (κ2) is 9.57. The Bertz CT molecular complexity index is 496. The molecule has 0 radical (unpaired) electrons. The molecule has 13 heteroatoms. The number of rotatable bonds is 12. The number of hydrogen-bond donors (Lipinski definition) is 5. The number of aliphatic hydroxyl groups is 5. The molecule has 25 heavy (non-hydrogen) atoms. The highest BCUT2D eigenvalue weighted by Crippen LogP contribution is 2.18. The van der Waals surface area contributed by atoms with E-state index in [-0.39, 0.29) is 30.7 Å². The van der Waals surface area contributed by atoms with Crippen molar-refractivity contribution in [2.45, 2.75) is 6.10 Å². The summed E-state index contributed by atoms with van der Waals surface area (Å²) in [6, 6.07) is 0. The average Bonchev–Trinajstić information content (AvgIpc) is 3.45. The summed E-state index contributed by atoms with van der Waals surface area (Å²) in [6.07, 6.45) is 0.0450. The summed E-state index contributed by atoms with van der Waals surface area (Å²) in [5, 5.41) is 46.6. The maximum atomic E-state index is 9.54. The van der Waals surface area contributed by atoms with Gasteiger partial charge in [-0.05, 0) is 0 Å². The lowest BCUT2D eigenvalue weighted by atomic mass is 10.5. The number of aliphatic hydroxyl groups excluding tert-OH is 5. The van der Waals surface area contributed by atoms with Crippen LogP contribution >= 0.6 is 0 Å². The first-order valence-corrected chi connectivity index (χ1v) is 7.41. The lowest BCUT2D eigenvalue weighted by molar-refractivity contribution is 0.102. The third-order valence-corrected chi connectivity index (χ3v) is 3.26. The SMILES string of the molecule is OCN(CO)c1nc(N(CO)CO)nc(N(CO)COCC2CO2)n1. The molecule has 1 unspecified atom stereocenters. The van der Waals surface area contributed by atoms with Crippen LogP contribution in [-0.4, -0.2) is 100 Å². The van der Waals surface area contributed by atoms with Crippen LogP contribution in [0.3, 0.4) is 0 Å². The Hall–Kier alpha value is -1.87. The van der Waals surface area contributed by atoms with Crippen molar-refractivity contribution in [2.75, 3.05) is 68.3 Å². The molecule has 0 saturated carbocycles. The summed E-state index contributed by atoms with van der Waals surface area (Å²) in [6.45, 7) is -1.86. The van der Waals surface area contributed by atoms with E-state index in [1.807, 2.05) is 0 Å². The normalized spacial score (nSPS) is 16.0. The number of nitrogens with zero attached hydrogens (tertiary/aromatic N) is 6. The third kappa shape index (κ3) is 5.30. The smallest absolute Gasteiger partial charge is 0.235 e. The van der Waals surface area contributed by atoms with Gasteiger partial charge in [0.2, 0.25) is 17.8 Å². The maximum absolute atomic E-state index is 9.54. The van der Waals surface area contributed by atoms with Crippen LogP contribution in [-0.2, 0) is 9.47 Å². The molecule has 5 N–H and O–H groups in total. The Morgan fingerprint density at radius 2 is 1.20 bits per heavy atom. The van der Waals surface area contributed by atoms with Gasteiger partial charge in [0, 0.05) is 0 Å². The maximum Gasteiger partial charge on any atom is 0.235 e. The van der Waals surface area contributed by atoms with Crippen LogP contribution in [0.4, 0.5) is 17.8 Å². The zero-order chi connectivity index (χ0) is 18.2. The van der Waals surface area contributed by atoms with E-state index in [9.17, 15) is 25.5 Å². The summed E-state index contributed by atoms with van der Waals surface area (Å²) in [4.78, 5) is 15.4. The third-order valence-electron chi connectivity index (χ3n) is 3.26. The van der Waals surface area contributed by atoms with Crippen LogP contribution in [0.2, 0.25) is 0 Å². The predicted octanol–water partition coefficient (Wildman–Crippen LogP) is -3.59. The van der Waals surface area contributed by atoms with Crippen LogP contribution in [0.1, 0.15) is 0 Å². The molecule has 0 amide bonds. The lowest BCUT2D eigenvalue weighted by Gasteiger charge is -2.25. The Labute approximate surface area is 143 Å². The standard InChI is InChI=1S/C12H22N6O7/c19-3-16(4-20)10-13-11(17(5-21)6-22)15-12(14-10)18(7-23)8-24-1-9-2-25-9/h9,19-23H,1-8H2. The zero-order valence-electron chi connectivity index (χ0n) is 13.5. The van der Waals surface area contributed by atoms with Gasteiger partial charge in [0.25, 0.3) is 0 Å². The van der Waals surface area contributed by atoms with E-state index in [4.69, 9.17) is 9.47 Å². The fourth-order valence-corrected chi connectivity index (χ4v) is 1.73. The highest BCUT2D eigenvalue weighted by Gasteiger charge is 2.24. The Morgan fingerprint density at radius 3 is 1.56 bits per heavy atom. The molecule has 1 fully saturated rings. The van der Waals surface area contributed by atoms with E-state index in [0.29, 0.717) is 13.2 Å². The van der Waals surface area contributed by atoms with E-state index in [2.05, 4.69) is 15.0 Å². The lowest BCUT2D eigenvalue weighted by Crippen LogP contribution is -2.34. The number of hydrogen-bond acceptors (Lipinski definition) is 13. The second-order valence-electron chi connectivity index (χ2n) is 5.02. The molecule has 0 spiro atoms. The highest BCUT2D eigenvalue weighted by molar-refractivity contribution is 5.45. The van der Waals surface area contributed by atoms with Crippen LogP contribution in [0, 0.1) is 0 Å². The first kappa shape index (κ1) is 19.5. The molecule has 2 heterocycles. The zero-order valence-corrected chi connectivity index (χ0v) is 13.5. The van der Waals surface area contributed by atoms with Crippen molar-refractivity contribution in [1.29, 1.82) is 0 Å². The first-order chi connectivity index (χ1) is 12.2. The fourth-order valence-electron chi connectivity index (χ4n) is 1.73. The molecule has 0 bridgehead atoms. The number of anilines is 3. The van der Waals surface area contributed by atoms with Gasteiger partial charge < -0.3 is 35.0 Å². The van der Waals surface area contributed by atoms with Gasteiger partial charge in [0.05, 0.1) is 13.2 Å². The fraction of sp³-hybridized carbons (Fsp3) is 0.750. The summed E-state index contributed by atoms with van der Waals surface area (Å²) < 4.78 is 10.4.